The molecule has 3 heterocycles. The van der Waals surface area contributed by atoms with E-state index in [1.165, 1.54) is 12.1 Å². The Morgan fingerprint density at radius 2 is 1.80 bits per heavy atom. The highest BCUT2D eigenvalue weighted by Gasteiger charge is 2.66. The van der Waals surface area contributed by atoms with Crippen LogP contribution in [0.5, 0.6) is 0 Å². The molecule has 2 N–H and O–H groups in total. The standard InChI is InChI=1S/C24H24B3F4N7O2/c1-12-17(11-34-38(12)24(25,26)27)35-21-32-9-15(10-33-21)13-2-3-14(16(28)6-13)7-20(39)36-19-8-18(40-37-19)22(4-5-22)23(29,30)31/h2-3,6,8-11H,4-5,7,25-27H2,1H3,(H,32,33,35)(H,36,37,39). The molecule has 40 heavy (non-hydrogen) atoms. The fourth-order valence-electron chi connectivity index (χ4n) is 4.46. The molecule has 1 saturated carbocycles. The van der Waals surface area contributed by atoms with Gasteiger partial charge in [0.2, 0.25) is 11.9 Å². The highest BCUT2D eigenvalue weighted by Crippen LogP contribution is 2.59. The number of hydrogen-bond donors (Lipinski definition) is 2. The summed E-state index contributed by atoms with van der Waals surface area (Å²) in [5.74, 6) is -1.42. The average molecular weight is 551 g/mol. The van der Waals surface area contributed by atoms with E-state index in [1.54, 1.807) is 24.7 Å². The van der Waals surface area contributed by atoms with Crippen molar-refractivity contribution in [3.05, 3.63) is 65.7 Å². The molecule has 204 valence electrons. The monoisotopic (exact) mass is 551 g/mol. The van der Waals surface area contributed by atoms with Crippen molar-refractivity contribution in [2.45, 2.75) is 43.0 Å². The number of amides is 1. The quantitative estimate of drug-likeness (QED) is 0.254. The van der Waals surface area contributed by atoms with Crippen molar-refractivity contribution in [2.75, 3.05) is 10.6 Å². The smallest absolute Gasteiger partial charge is 0.358 e. The lowest BCUT2D eigenvalue weighted by atomic mass is 9.49. The lowest BCUT2D eigenvalue weighted by Gasteiger charge is -2.21. The minimum atomic E-state index is -4.46. The third-order valence-electron chi connectivity index (χ3n) is 6.82. The topological polar surface area (TPSA) is 111 Å². The summed E-state index contributed by atoms with van der Waals surface area (Å²) in [5, 5.41) is 13.3. The van der Waals surface area contributed by atoms with Gasteiger partial charge in [0.05, 0.1) is 24.0 Å². The van der Waals surface area contributed by atoms with E-state index in [0.29, 0.717) is 17.1 Å². The van der Waals surface area contributed by atoms with Gasteiger partial charge >= 0.3 is 6.18 Å². The maximum absolute atomic E-state index is 14.8. The van der Waals surface area contributed by atoms with Crippen molar-refractivity contribution in [1.82, 2.24) is 24.9 Å². The van der Waals surface area contributed by atoms with Crippen molar-refractivity contribution in [2.24, 2.45) is 0 Å². The molecule has 0 atom stereocenters. The molecule has 0 bridgehead atoms. The van der Waals surface area contributed by atoms with Crippen molar-refractivity contribution < 1.29 is 26.9 Å². The minimum Gasteiger partial charge on any atom is -0.358 e. The lowest BCUT2D eigenvalue weighted by Crippen LogP contribution is -2.36. The third kappa shape index (κ3) is 5.34. The summed E-state index contributed by atoms with van der Waals surface area (Å²) >= 11 is 0. The number of alkyl halides is 3. The molecule has 1 aliphatic carbocycles. The second-order valence-corrected chi connectivity index (χ2v) is 10.8. The number of anilines is 3. The van der Waals surface area contributed by atoms with Crippen LogP contribution < -0.4 is 10.6 Å². The number of carbonyl (C=O) groups is 1. The van der Waals surface area contributed by atoms with E-state index < -0.39 is 23.3 Å². The Balaban J connectivity index is 1.22. The first-order chi connectivity index (χ1) is 18.8. The Hall–Kier alpha value is -4.10. The number of rotatable bonds is 8. The Bertz CT molecular complexity index is 1560. The van der Waals surface area contributed by atoms with Gasteiger partial charge in [-0.05, 0) is 42.2 Å². The fraction of sp³-hybridized carbons (Fsp3) is 0.292. The second kappa shape index (κ2) is 9.83. The maximum atomic E-state index is 14.8. The molecule has 1 amide bonds. The summed E-state index contributed by atoms with van der Waals surface area (Å²) in [4.78, 5) is 21.0. The van der Waals surface area contributed by atoms with E-state index >= 15 is 0 Å². The molecule has 0 radical (unpaired) electrons. The van der Waals surface area contributed by atoms with Crippen LogP contribution in [0.1, 0.15) is 29.9 Å². The highest BCUT2D eigenvalue weighted by atomic mass is 19.4. The molecule has 3 aromatic heterocycles. The lowest BCUT2D eigenvalue weighted by molar-refractivity contribution is -0.165. The second-order valence-electron chi connectivity index (χ2n) is 10.8. The van der Waals surface area contributed by atoms with Crippen LogP contribution in [-0.2, 0) is 21.9 Å². The van der Waals surface area contributed by atoms with Crippen molar-refractivity contribution in [3.8, 4) is 11.1 Å². The number of carbonyl (C=O) groups excluding carboxylic acids is 1. The average Bonchev–Trinajstić information content (AvgIpc) is 3.44. The van der Waals surface area contributed by atoms with E-state index in [0.717, 1.165) is 17.4 Å². The Kier molecular flexibility index (Phi) is 6.75. The Labute approximate surface area is 229 Å². The normalized spacial score (nSPS) is 14.6. The van der Waals surface area contributed by atoms with Gasteiger partial charge in [0.1, 0.15) is 34.8 Å². The van der Waals surface area contributed by atoms with Gasteiger partial charge in [-0.1, -0.05) is 17.3 Å². The van der Waals surface area contributed by atoms with Gasteiger partial charge < -0.3 is 15.2 Å². The number of halogens is 4. The number of nitrogens with one attached hydrogen (secondary N) is 2. The van der Waals surface area contributed by atoms with Crippen molar-refractivity contribution in [1.29, 1.82) is 0 Å². The molecule has 0 spiro atoms. The predicted octanol–water partition coefficient (Wildman–Crippen LogP) is 1.76. The van der Waals surface area contributed by atoms with E-state index in [9.17, 15) is 22.4 Å². The maximum Gasteiger partial charge on any atom is 0.401 e. The SMILES string of the molecule is BC(B)(B)n1ncc(Nc2ncc(-c3ccc(CC(=O)Nc4cc(C5(C(F)(F)F)CC5)on4)c(F)c3)cn2)c1C. The van der Waals surface area contributed by atoms with Crippen molar-refractivity contribution in [3.63, 3.8) is 0 Å². The van der Waals surface area contributed by atoms with Crippen LogP contribution in [0.2, 0.25) is 0 Å². The summed E-state index contributed by atoms with van der Waals surface area (Å²) in [5.41, 5.74) is 0.829. The number of hydrogen-bond acceptors (Lipinski definition) is 7. The molecule has 1 fully saturated rings. The van der Waals surface area contributed by atoms with E-state index in [1.807, 2.05) is 11.6 Å². The zero-order chi connectivity index (χ0) is 28.9. The zero-order valence-electron chi connectivity index (χ0n) is 22.2. The molecule has 9 nitrogen and oxygen atoms in total. The zero-order valence-corrected chi connectivity index (χ0v) is 22.2. The predicted molar refractivity (Wildman–Crippen MR) is 147 cm³/mol. The molecular formula is C24H24B3F4N7O2. The fourth-order valence-corrected chi connectivity index (χ4v) is 4.46. The molecule has 16 heteroatoms. The van der Waals surface area contributed by atoms with Crippen LogP contribution in [-0.4, -0.2) is 60.5 Å². The largest absolute Gasteiger partial charge is 0.401 e. The van der Waals surface area contributed by atoms with Gasteiger partial charge in [0, 0.05) is 24.0 Å². The van der Waals surface area contributed by atoms with Gasteiger partial charge in [-0.15, -0.1) is 0 Å². The van der Waals surface area contributed by atoms with Crippen molar-refractivity contribution >= 4 is 46.9 Å². The van der Waals surface area contributed by atoms with Crippen LogP contribution >= 0.6 is 0 Å². The molecule has 1 aromatic carbocycles. The first-order valence-corrected chi connectivity index (χ1v) is 12.5. The molecule has 5 rings (SSSR count). The number of nitrogens with zero attached hydrogens (tertiary/aromatic N) is 5. The van der Waals surface area contributed by atoms with E-state index in [2.05, 4.69) is 54.4 Å². The van der Waals surface area contributed by atoms with Crippen LogP contribution in [0.4, 0.5) is 35.0 Å². The van der Waals surface area contributed by atoms with Crippen LogP contribution in [0, 0.1) is 12.7 Å². The molecular weight excluding hydrogens is 527 g/mol. The summed E-state index contributed by atoms with van der Waals surface area (Å²) < 4.78 is 61.4. The Morgan fingerprint density at radius 1 is 1.10 bits per heavy atom. The van der Waals surface area contributed by atoms with Gasteiger partial charge in [0.25, 0.3) is 0 Å². The third-order valence-corrected chi connectivity index (χ3v) is 6.82. The van der Waals surface area contributed by atoms with Gasteiger partial charge in [-0.2, -0.15) is 18.3 Å². The first kappa shape index (κ1) is 27.5. The van der Waals surface area contributed by atoms with Gasteiger partial charge in [0.15, 0.2) is 11.6 Å². The highest BCUT2D eigenvalue weighted by molar-refractivity contribution is 6.56. The molecule has 4 aromatic rings. The first-order valence-electron chi connectivity index (χ1n) is 12.5. The number of benzene rings is 1. The minimum absolute atomic E-state index is 0.0936. The van der Waals surface area contributed by atoms with Gasteiger partial charge in [-0.25, -0.2) is 14.4 Å². The number of aromatic nitrogens is 5. The van der Waals surface area contributed by atoms with E-state index in [4.69, 9.17) is 4.52 Å². The molecule has 0 aliphatic heterocycles. The van der Waals surface area contributed by atoms with E-state index in [-0.39, 0.29) is 41.6 Å². The van der Waals surface area contributed by atoms with Crippen LogP contribution in [0.15, 0.2) is 47.4 Å². The summed E-state index contributed by atoms with van der Waals surface area (Å²) in [7, 11) is 6.15. The van der Waals surface area contributed by atoms with Crippen LogP contribution in [0.3, 0.4) is 0 Å². The Morgan fingerprint density at radius 3 is 2.38 bits per heavy atom. The summed E-state index contributed by atoms with van der Waals surface area (Å²) in [6, 6.07) is 5.41. The molecule has 0 unspecified atom stereocenters. The molecule has 0 saturated heterocycles. The summed E-state index contributed by atoms with van der Waals surface area (Å²) in [6.45, 7) is 1.94. The van der Waals surface area contributed by atoms with Crippen LogP contribution in [0.25, 0.3) is 11.1 Å². The molecule has 1 aliphatic rings. The van der Waals surface area contributed by atoms with Gasteiger partial charge in [-0.3, -0.25) is 9.48 Å². The summed E-state index contributed by atoms with van der Waals surface area (Å²) in [6.07, 6.45) is -0.190.